The molecule has 0 saturated carbocycles. The van der Waals surface area contributed by atoms with Crippen molar-refractivity contribution in [3.63, 3.8) is 0 Å². The number of amides is 1. The first-order valence-corrected chi connectivity index (χ1v) is 7.57. The van der Waals surface area contributed by atoms with Crippen LogP contribution in [0.1, 0.15) is 5.56 Å². The lowest BCUT2D eigenvalue weighted by molar-refractivity contribution is -0.122. The number of nitrogens with one attached hydrogen (secondary N) is 1. The van der Waals surface area contributed by atoms with Gasteiger partial charge in [-0.2, -0.15) is 4.31 Å². The predicted octanol–water partition coefficient (Wildman–Crippen LogP) is 0.830. The van der Waals surface area contributed by atoms with E-state index in [1.807, 2.05) is 0 Å². The van der Waals surface area contributed by atoms with Gasteiger partial charge in [0.2, 0.25) is 5.91 Å². The molecule has 1 fully saturated rings. The van der Waals surface area contributed by atoms with Crippen LogP contribution in [0.4, 0.5) is 0 Å². The van der Waals surface area contributed by atoms with E-state index in [0.717, 1.165) is 16.9 Å². The number of piperazine rings is 1. The van der Waals surface area contributed by atoms with E-state index in [0.29, 0.717) is 17.4 Å². The third-order valence-corrected chi connectivity index (χ3v) is 6.28. The summed E-state index contributed by atoms with van der Waals surface area (Å²) in [6, 6.07) is 1.54. The van der Waals surface area contributed by atoms with Gasteiger partial charge in [0.1, 0.15) is 4.21 Å². The Morgan fingerprint density at radius 2 is 2.24 bits per heavy atom. The molecule has 5 nitrogen and oxygen atoms in total. The molecule has 8 heteroatoms. The highest BCUT2D eigenvalue weighted by molar-refractivity contribution is 7.91. The van der Waals surface area contributed by atoms with Crippen LogP contribution in [0.25, 0.3) is 0 Å². The first-order valence-electron chi connectivity index (χ1n) is 4.94. The molecule has 0 spiro atoms. The molecule has 1 N–H and O–H groups in total. The average Bonchev–Trinajstić information content (AvgIpc) is 2.60. The fourth-order valence-corrected chi connectivity index (χ4v) is 4.77. The van der Waals surface area contributed by atoms with E-state index in [1.165, 1.54) is 10.4 Å². The van der Waals surface area contributed by atoms with Gasteiger partial charge in [-0.1, -0.05) is 11.6 Å². The molecule has 0 unspecified atom stereocenters. The van der Waals surface area contributed by atoms with E-state index in [2.05, 4.69) is 5.32 Å². The molecule has 1 aromatic rings. The minimum atomic E-state index is -3.59. The lowest BCUT2D eigenvalue weighted by Gasteiger charge is -2.25. The van der Waals surface area contributed by atoms with Gasteiger partial charge >= 0.3 is 0 Å². The number of sulfonamides is 1. The highest BCUT2D eigenvalue weighted by atomic mass is 35.5. The molecule has 0 bridgehead atoms. The molecule has 17 heavy (non-hydrogen) atoms. The minimum Gasteiger partial charge on any atom is -0.354 e. The predicted molar refractivity (Wildman–Crippen MR) is 65.8 cm³/mol. The number of hydrogen-bond acceptors (Lipinski definition) is 4. The maximum absolute atomic E-state index is 12.2. The second-order valence-corrected chi connectivity index (χ2v) is 7.53. The zero-order valence-corrected chi connectivity index (χ0v) is 11.5. The van der Waals surface area contributed by atoms with Gasteiger partial charge < -0.3 is 5.32 Å². The highest BCUT2D eigenvalue weighted by Gasteiger charge is 2.30. The molecule has 0 radical (unpaired) electrons. The molecule has 1 saturated heterocycles. The normalized spacial score (nSPS) is 18.1. The number of carbonyl (C=O) groups is 1. The Labute approximate surface area is 108 Å². The first kappa shape index (κ1) is 12.8. The fourth-order valence-electron chi connectivity index (χ4n) is 1.51. The summed E-state index contributed by atoms with van der Waals surface area (Å²) in [4.78, 5) is 11.2. The van der Waals surface area contributed by atoms with Crippen LogP contribution in [0.3, 0.4) is 0 Å². The topological polar surface area (TPSA) is 66.5 Å². The van der Waals surface area contributed by atoms with Gasteiger partial charge in [-0.05, 0) is 18.6 Å². The van der Waals surface area contributed by atoms with Crippen molar-refractivity contribution in [1.82, 2.24) is 9.62 Å². The van der Waals surface area contributed by atoms with Gasteiger partial charge in [-0.15, -0.1) is 11.3 Å². The summed E-state index contributed by atoms with van der Waals surface area (Å²) >= 11 is 6.88. The second-order valence-electron chi connectivity index (χ2n) is 3.71. The summed E-state index contributed by atoms with van der Waals surface area (Å²) in [5, 5.41) is 2.58. The number of aryl methyl sites for hydroxylation is 1. The van der Waals surface area contributed by atoms with Crippen LogP contribution < -0.4 is 5.32 Å². The van der Waals surface area contributed by atoms with Crippen LogP contribution in [0, 0.1) is 6.92 Å². The number of hydrogen-bond donors (Lipinski definition) is 1. The first-order chi connectivity index (χ1) is 7.91. The molecule has 1 amide bonds. The van der Waals surface area contributed by atoms with Crippen LogP contribution in [0.5, 0.6) is 0 Å². The van der Waals surface area contributed by atoms with Crippen molar-refractivity contribution < 1.29 is 13.2 Å². The Morgan fingerprint density at radius 1 is 1.53 bits per heavy atom. The van der Waals surface area contributed by atoms with E-state index >= 15 is 0 Å². The minimum absolute atomic E-state index is 0.128. The number of halogens is 1. The number of rotatable bonds is 2. The summed E-state index contributed by atoms with van der Waals surface area (Å²) in [5.74, 6) is -0.279. The molecular formula is C9H11ClN2O3S2. The lowest BCUT2D eigenvalue weighted by atomic mass is 10.4. The quantitative estimate of drug-likeness (QED) is 0.878. The lowest BCUT2D eigenvalue weighted by Crippen LogP contribution is -2.49. The zero-order chi connectivity index (χ0) is 12.6. The molecule has 1 aromatic heterocycles. The Morgan fingerprint density at radius 3 is 2.76 bits per heavy atom. The van der Waals surface area contributed by atoms with E-state index in [1.54, 1.807) is 6.92 Å². The standard InChI is InChI=1S/C9H11ClN2O3S2/c1-6-4-8(16-9(6)10)17(14,15)12-3-2-11-7(13)5-12/h4H,2-3,5H2,1H3,(H,11,13). The largest absolute Gasteiger partial charge is 0.354 e. The van der Waals surface area contributed by atoms with Gasteiger partial charge in [0.25, 0.3) is 10.0 Å². The molecule has 0 aromatic carbocycles. The molecule has 2 heterocycles. The Kier molecular flexibility index (Phi) is 3.44. The molecule has 1 aliphatic heterocycles. The van der Waals surface area contributed by atoms with Crippen molar-refractivity contribution in [3.8, 4) is 0 Å². The van der Waals surface area contributed by atoms with Crippen LogP contribution in [-0.4, -0.2) is 38.3 Å². The SMILES string of the molecule is Cc1cc(S(=O)(=O)N2CCNC(=O)C2)sc1Cl. The van der Waals surface area contributed by atoms with Gasteiger partial charge in [0, 0.05) is 13.1 Å². The molecular weight excluding hydrogens is 284 g/mol. The van der Waals surface area contributed by atoms with E-state index in [9.17, 15) is 13.2 Å². The fraction of sp³-hybridized carbons (Fsp3) is 0.444. The van der Waals surface area contributed by atoms with Crippen LogP contribution >= 0.6 is 22.9 Å². The van der Waals surface area contributed by atoms with E-state index in [4.69, 9.17) is 11.6 Å². The average molecular weight is 295 g/mol. The Bertz CT molecular complexity index is 533. The molecule has 0 atom stereocenters. The molecule has 1 aliphatic rings. The van der Waals surface area contributed by atoms with Gasteiger partial charge in [0.05, 0.1) is 10.9 Å². The van der Waals surface area contributed by atoms with Gasteiger partial charge in [0.15, 0.2) is 0 Å². The van der Waals surface area contributed by atoms with Gasteiger partial charge in [-0.25, -0.2) is 8.42 Å². The number of nitrogens with zero attached hydrogens (tertiary/aromatic N) is 1. The van der Waals surface area contributed by atoms with E-state index in [-0.39, 0.29) is 16.7 Å². The van der Waals surface area contributed by atoms with Crippen molar-refractivity contribution in [2.45, 2.75) is 11.1 Å². The van der Waals surface area contributed by atoms with Gasteiger partial charge in [-0.3, -0.25) is 4.79 Å². The van der Waals surface area contributed by atoms with Crippen molar-refractivity contribution >= 4 is 38.9 Å². The molecule has 2 rings (SSSR count). The number of carbonyl (C=O) groups excluding carboxylic acids is 1. The summed E-state index contributed by atoms with van der Waals surface area (Å²) < 4.78 is 26.2. The maximum atomic E-state index is 12.2. The summed E-state index contributed by atoms with van der Waals surface area (Å²) in [6.45, 7) is 2.26. The molecule has 94 valence electrons. The van der Waals surface area contributed by atoms with Crippen molar-refractivity contribution in [2.24, 2.45) is 0 Å². The monoisotopic (exact) mass is 294 g/mol. The Hall–Kier alpha value is -0.630. The summed E-state index contributed by atoms with van der Waals surface area (Å²) in [7, 11) is -3.59. The van der Waals surface area contributed by atoms with Crippen molar-refractivity contribution in [3.05, 3.63) is 16.0 Å². The van der Waals surface area contributed by atoms with Crippen molar-refractivity contribution in [1.29, 1.82) is 0 Å². The Balaban J connectivity index is 2.32. The highest BCUT2D eigenvalue weighted by Crippen LogP contribution is 2.31. The smallest absolute Gasteiger partial charge is 0.253 e. The molecule has 0 aliphatic carbocycles. The summed E-state index contributed by atoms with van der Waals surface area (Å²) in [5.41, 5.74) is 0.733. The van der Waals surface area contributed by atoms with Crippen LogP contribution in [0.15, 0.2) is 10.3 Å². The zero-order valence-electron chi connectivity index (χ0n) is 9.07. The second kappa shape index (κ2) is 4.56. The van der Waals surface area contributed by atoms with Crippen LogP contribution in [-0.2, 0) is 14.8 Å². The third kappa shape index (κ3) is 2.47. The third-order valence-electron chi connectivity index (χ3n) is 2.43. The summed E-state index contributed by atoms with van der Waals surface area (Å²) in [6.07, 6.45) is 0. The van der Waals surface area contributed by atoms with Crippen LogP contribution in [0.2, 0.25) is 4.34 Å². The number of thiophene rings is 1. The van der Waals surface area contributed by atoms with Crippen molar-refractivity contribution in [2.75, 3.05) is 19.6 Å². The van der Waals surface area contributed by atoms with E-state index < -0.39 is 10.0 Å². The maximum Gasteiger partial charge on any atom is 0.253 e.